The van der Waals surface area contributed by atoms with Crippen LogP contribution in [-0.2, 0) is 30.0 Å². The monoisotopic (exact) mass is 1500 g/mol. The Morgan fingerprint density at radius 3 is 2.19 bits per heavy atom. The van der Waals surface area contributed by atoms with Crippen LogP contribution < -0.4 is 25.0 Å². The molecule has 2 N–H and O–H groups in total. The van der Waals surface area contributed by atoms with Crippen LogP contribution in [0.2, 0.25) is 23.2 Å². The third-order valence-corrected chi connectivity index (χ3v) is 27.6. The highest BCUT2D eigenvalue weighted by Gasteiger charge is 2.72. The number of nitrogens with zero attached hydrogens (tertiary/aromatic N) is 9. The molecule has 4 saturated heterocycles. The van der Waals surface area contributed by atoms with Gasteiger partial charge in [-0.25, -0.2) is 32.1 Å². The molecule has 0 radical (unpaired) electrons. The molecule has 103 heavy (non-hydrogen) atoms. The fourth-order valence-electron chi connectivity index (χ4n) is 14.3. The number of piperazine rings is 1. The number of likely N-dealkylation sites (tertiary alicyclic amines) is 2. The number of nitrogens with one attached hydrogen (secondary N) is 2. The lowest BCUT2D eigenvalue weighted by molar-refractivity contribution is -0.141. The molecule has 0 spiro atoms. The second-order valence-corrected chi connectivity index (χ2v) is 39.0. The van der Waals surface area contributed by atoms with Gasteiger partial charge in [-0.1, -0.05) is 76.6 Å². The summed E-state index contributed by atoms with van der Waals surface area (Å²) < 4.78 is 102. The zero-order chi connectivity index (χ0) is 74.2. The number of anilines is 2. The number of thiophene rings is 1. The van der Waals surface area contributed by atoms with Gasteiger partial charge in [0.25, 0.3) is 11.8 Å². The Balaban J connectivity index is 0.731. The normalized spacial score (nSPS) is 21.3. The molecule has 5 fully saturated rings. The van der Waals surface area contributed by atoms with Crippen LogP contribution in [0.4, 0.5) is 38.0 Å². The summed E-state index contributed by atoms with van der Waals surface area (Å²) in [6, 6.07) is 13.7. The van der Waals surface area contributed by atoms with Gasteiger partial charge in [-0.3, -0.25) is 19.8 Å². The molecule has 3 aromatic carbocycles. The Kier molecular flexibility index (Phi) is 20.9. The molecule has 1 saturated carbocycles. The van der Waals surface area contributed by atoms with Crippen molar-refractivity contribution >= 4 is 98.4 Å². The molecule has 1 unspecified atom stereocenters. The molecule has 4 amide bonds. The smallest absolute Gasteiger partial charge is 0.412 e. The molecule has 21 nitrogen and oxygen atoms in total. The predicted octanol–water partition coefficient (Wildman–Crippen LogP) is 15.9. The van der Waals surface area contributed by atoms with Crippen LogP contribution in [0.25, 0.3) is 42.6 Å². The van der Waals surface area contributed by atoms with Gasteiger partial charge in [0.2, 0.25) is 11.8 Å². The highest BCUT2D eigenvalue weighted by atomic mass is 35.5. The molecule has 4 aromatic heterocycles. The highest BCUT2D eigenvalue weighted by Crippen LogP contribution is 2.61. The largest absolute Gasteiger partial charge is 0.475 e. The van der Waals surface area contributed by atoms with Gasteiger partial charge in [0.15, 0.2) is 19.9 Å². The molecular weight excluding hydrogens is 1410 g/mol. The molecule has 6 atom stereocenters. The number of fused-ring (bicyclic) bond motifs is 4. The van der Waals surface area contributed by atoms with Gasteiger partial charge in [-0.05, 0) is 151 Å². The first-order chi connectivity index (χ1) is 48.4. The molecule has 12 rings (SSSR count). The Hall–Kier alpha value is -7.68. The minimum atomic E-state index is -3.14. The minimum absolute atomic E-state index is 0.00963. The van der Waals surface area contributed by atoms with Crippen LogP contribution in [0.5, 0.6) is 11.9 Å². The molecule has 1 aliphatic carbocycles. The van der Waals surface area contributed by atoms with E-state index in [1.54, 1.807) is 68.7 Å². The summed E-state index contributed by atoms with van der Waals surface area (Å²) in [6.07, 6.45) is 0.587. The molecule has 8 heterocycles. The molecule has 5 aliphatic rings. The summed E-state index contributed by atoms with van der Waals surface area (Å²) in [6.45, 7) is 28.5. The van der Waals surface area contributed by atoms with E-state index in [4.69, 9.17) is 44.5 Å². The van der Waals surface area contributed by atoms with E-state index < -0.39 is 85.7 Å². The summed E-state index contributed by atoms with van der Waals surface area (Å²) in [5.41, 5.74) is 0.684. The van der Waals surface area contributed by atoms with Gasteiger partial charge in [-0.2, -0.15) is 15.2 Å². The van der Waals surface area contributed by atoms with Crippen molar-refractivity contribution in [3.8, 4) is 39.5 Å². The standard InChI is InChI=1S/C74H90ClF4N11O10S2Si/c1-40(2)56(66(92)89-34-47(100-103(13,14)72(10,11)12)27-53(89)64(91)81-31-42-15-17-44(18-16-42)61-41(3)82-39-101-61)54-29-55(86-99-54)95-35-43-23-25-87(26-24-43)37-73(36-74(73,78)79)38-96-67-83-60-49(63(84-67)88-32-45-19-20-46(33-88)90(45)69(94)98-71(7,8)9)28-51(75)58(59(60)77)48-21-22-52(76)62-57(48)50(30-80)65(102-62)85-68(93)97-70(4,5)6/h15-18,21-22,28-29,39-40,43,45-47,53,56H,19-20,23-27,31-38H2,1-14H3,(H,81,91)(H,85,93)/t45-,46+,47-,53+,56?,73-/m1/s1. The van der Waals surface area contributed by atoms with E-state index in [2.05, 4.69) is 59.6 Å². The number of carbonyl (C=O) groups is 4. The molecule has 4 aliphatic heterocycles. The highest BCUT2D eigenvalue weighted by molar-refractivity contribution is 7.23. The second kappa shape index (κ2) is 28.6. The van der Waals surface area contributed by atoms with Crippen molar-refractivity contribution in [3.05, 3.63) is 93.3 Å². The Bertz CT molecular complexity index is 4410. The van der Waals surface area contributed by atoms with E-state index in [0.717, 1.165) is 39.1 Å². The van der Waals surface area contributed by atoms with Crippen LogP contribution in [0.3, 0.4) is 0 Å². The number of thiazole rings is 1. The van der Waals surface area contributed by atoms with Crippen LogP contribution in [0.15, 0.2) is 58.6 Å². The summed E-state index contributed by atoms with van der Waals surface area (Å²) in [4.78, 5) is 78.0. The summed E-state index contributed by atoms with van der Waals surface area (Å²) in [7, 11) is -2.32. The zero-order valence-electron chi connectivity index (χ0n) is 60.7. The number of piperidine rings is 1. The number of hydrogen-bond donors (Lipinski definition) is 2. The second-order valence-electron chi connectivity index (χ2n) is 32.0. The lowest BCUT2D eigenvalue weighted by Gasteiger charge is -2.42. The number of amides is 4. The maximum atomic E-state index is 18.0. The zero-order valence-corrected chi connectivity index (χ0v) is 64.0. The molecular formula is C74H90ClF4N11O10S2Si. The molecule has 29 heteroatoms. The predicted molar refractivity (Wildman–Crippen MR) is 390 cm³/mol. The van der Waals surface area contributed by atoms with Crippen LogP contribution in [0.1, 0.15) is 143 Å². The fourth-order valence-corrected chi connectivity index (χ4v) is 17.8. The number of ether oxygens (including phenoxy) is 4. The number of carbonyl (C=O) groups excluding carboxylic acids is 4. The summed E-state index contributed by atoms with van der Waals surface area (Å²) in [5, 5.41) is 20.3. The minimum Gasteiger partial charge on any atom is -0.475 e. The van der Waals surface area contributed by atoms with Gasteiger partial charge in [0.05, 0.1) is 61.6 Å². The fraction of sp³-hybridized carbons (Fsp3) is 0.554. The van der Waals surface area contributed by atoms with E-state index in [9.17, 15) is 24.4 Å². The van der Waals surface area contributed by atoms with E-state index >= 15 is 17.6 Å². The lowest BCUT2D eigenvalue weighted by atomic mass is 9.91. The Morgan fingerprint density at radius 1 is 0.903 bits per heavy atom. The van der Waals surface area contributed by atoms with Gasteiger partial charge in [0.1, 0.15) is 58.0 Å². The van der Waals surface area contributed by atoms with E-state index in [1.165, 1.54) is 12.1 Å². The third kappa shape index (κ3) is 15.8. The maximum absolute atomic E-state index is 18.0. The van der Waals surface area contributed by atoms with Crippen molar-refractivity contribution in [1.82, 2.24) is 40.1 Å². The number of benzene rings is 3. The first kappa shape index (κ1) is 75.0. The summed E-state index contributed by atoms with van der Waals surface area (Å²) in [5.74, 6) is -5.84. The topological polar surface area (TPSA) is 240 Å². The van der Waals surface area contributed by atoms with E-state index in [1.807, 2.05) is 66.4 Å². The third-order valence-electron chi connectivity index (χ3n) is 20.7. The summed E-state index contributed by atoms with van der Waals surface area (Å²) >= 11 is 9.45. The Labute approximate surface area is 611 Å². The average molecular weight is 1500 g/mol. The van der Waals surface area contributed by atoms with Gasteiger partial charge >= 0.3 is 18.2 Å². The van der Waals surface area contributed by atoms with Crippen molar-refractivity contribution in [3.63, 3.8) is 0 Å². The number of nitriles is 1. The maximum Gasteiger partial charge on any atom is 0.412 e. The van der Waals surface area contributed by atoms with Crippen molar-refractivity contribution in [2.24, 2.45) is 17.3 Å². The van der Waals surface area contributed by atoms with Crippen molar-refractivity contribution in [2.45, 2.75) is 194 Å². The SMILES string of the molecule is Cc1ncsc1-c1ccc(CNC(=O)[C@@H]2C[C@@H](O[Si](C)(C)C(C)(C)C)CN2C(=O)C(c2cc(OCC3CCN(C[C@@]4(COc5nc(N6C[C@H]7CC[C@@H](C6)N7C(=O)OC(C)(C)C)c6cc(Cl)c(-c7ccc(F)c8sc(NC(=O)OC(C)(C)C)c(C#N)c78)c(F)c6n5)CC4(F)F)CC3)no2)C(C)C)cc1. The van der Waals surface area contributed by atoms with Crippen LogP contribution in [-0.4, -0.2) is 161 Å². The van der Waals surface area contributed by atoms with E-state index in [0.29, 0.717) is 51.0 Å². The number of rotatable bonds is 20. The van der Waals surface area contributed by atoms with Crippen LogP contribution >= 0.6 is 34.3 Å². The number of hydrogen-bond acceptors (Lipinski definition) is 19. The average Bonchev–Trinajstić information content (AvgIpc) is 1.71. The first-order valence-corrected chi connectivity index (χ1v) is 40.1. The molecule has 7 aromatic rings. The number of alkyl halides is 2. The van der Waals surface area contributed by atoms with Gasteiger partial charge < -0.3 is 47.9 Å². The van der Waals surface area contributed by atoms with Crippen LogP contribution in [0, 0.1) is 47.1 Å². The van der Waals surface area contributed by atoms with Gasteiger partial charge in [-0.15, -0.1) is 22.7 Å². The first-order valence-electron chi connectivity index (χ1n) is 35.1. The van der Waals surface area contributed by atoms with Crippen molar-refractivity contribution in [1.29, 1.82) is 5.26 Å². The molecule has 552 valence electrons. The van der Waals surface area contributed by atoms with Gasteiger partial charge in [0, 0.05) is 68.0 Å². The quantitative estimate of drug-likeness (QED) is 0.0532. The number of aryl methyl sites for hydroxylation is 1. The van der Waals surface area contributed by atoms with Crippen molar-refractivity contribution < 1.29 is 64.6 Å². The molecule has 2 bridgehead atoms. The van der Waals surface area contributed by atoms with Crippen molar-refractivity contribution in [2.75, 3.05) is 62.7 Å². The number of aromatic nitrogens is 4. The Morgan fingerprint density at radius 2 is 1.58 bits per heavy atom. The van der Waals surface area contributed by atoms with E-state index in [-0.39, 0.29) is 146 Å². The number of halogens is 5. The lowest BCUT2D eigenvalue weighted by Crippen LogP contribution is -2.57.